The summed E-state index contributed by atoms with van der Waals surface area (Å²) in [6.45, 7) is 5.44. The van der Waals surface area contributed by atoms with Crippen LogP contribution in [0.5, 0.6) is 0 Å². The Balaban J connectivity index is 1.84. The van der Waals surface area contributed by atoms with Gasteiger partial charge in [-0.05, 0) is 72.9 Å². The Bertz CT molecular complexity index is 1730. The Labute approximate surface area is 275 Å². The third-order valence-corrected chi connectivity index (χ3v) is 9.78. The standard InChI is InChI=1S/C35H37Cl2N3O4S/c1-4-19-38-35(42)33(21-27-11-7-5-8-12-27)39(23-28-17-18-29(36)22-31(28)37)34(41)24-40(32-20-25(2)15-16-26(32)3)45(43,44)30-13-9-6-10-14-30/h5-18,20,22,33H,4,19,21,23-24H2,1-3H3,(H,38,42)/t33-/m1/s1. The minimum Gasteiger partial charge on any atom is -0.354 e. The van der Waals surface area contributed by atoms with E-state index in [0.29, 0.717) is 39.8 Å². The molecular formula is C35H37Cl2N3O4S. The van der Waals surface area contributed by atoms with E-state index >= 15 is 0 Å². The first-order chi connectivity index (χ1) is 21.5. The number of amides is 2. The average molecular weight is 667 g/mol. The molecule has 0 heterocycles. The molecule has 0 bridgehead atoms. The van der Waals surface area contributed by atoms with Gasteiger partial charge in [0.25, 0.3) is 10.0 Å². The minimum atomic E-state index is -4.19. The van der Waals surface area contributed by atoms with Crippen molar-refractivity contribution in [3.63, 3.8) is 0 Å². The third-order valence-electron chi connectivity index (χ3n) is 7.42. The van der Waals surface area contributed by atoms with Gasteiger partial charge >= 0.3 is 0 Å². The van der Waals surface area contributed by atoms with Gasteiger partial charge in [0.2, 0.25) is 11.8 Å². The van der Waals surface area contributed by atoms with E-state index in [1.165, 1.54) is 17.0 Å². The molecule has 7 nitrogen and oxygen atoms in total. The highest BCUT2D eigenvalue weighted by atomic mass is 35.5. The monoisotopic (exact) mass is 665 g/mol. The summed E-state index contributed by atoms with van der Waals surface area (Å²) in [7, 11) is -4.19. The van der Waals surface area contributed by atoms with Crippen molar-refractivity contribution >= 4 is 50.7 Å². The van der Waals surface area contributed by atoms with Crippen molar-refractivity contribution in [3.8, 4) is 0 Å². The zero-order valence-corrected chi connectivity index (χ0v) is 27.9. The van der Waals surface area contributed by atoms with Crippen molar-refractivity contribution in [1.82, 2.24) is 10.2 Å². The molecule has 1 N–H and O–H groups in total. The first-order valence-corrected chi connectivity index (χ1v) is 16.9. The lowest BCUT2D eigenvalue weighted by Crippen LogP contribution is -2.53. The van der Waals surface area contributed by atoms with Gasteiger partial charge in [0.15, 0.2) is 0 Å². The maximum Gasteiger partial charge on any atom is 0.264 e. The summed E-state index contributed by atoms with van der Waals surface area (Å²) < 4.78 is 29.5. The van der Waals surface area contributed by atoms with E-state index in [1.807, 2.05) is 56.3 Å². The second-order valence-electron chi connectivity index (χ2n) is 10.9. The Kier molecular flexibility index (Phi) is 11.7. The van der Waals surface area contributed by atoms with Crippen LogP contribution in [0.2, 0.25) is 10.0 Å². The predicted molar refractivity (Wildman–Crippen MR) is 181 cm³/mol. The molecule has 4 rings (SSSR count). The lowest BCUT2D eigenvalue weighted by molar-refractivity contribution is -0.140. The number of rotatable bonds is 13. The molecule has 0 radical (unpaired) electrons. The summed E-state index contributed by atoms with van der Waals surface area (Å²) >= 11 is 12.7. The van der Waals surface area contributed by atoms with Crippen LogP contribution in [0.1, 0.15) is 35.6 Å². The summed E-state index contributed by atoms with van der Waals surface area (Å²) in [6.07, 6.45) is 0.915. The van der Waals surface area contributed by atoms with Gasteiger partial charge in [-0.2, -0.15) is 0 Å². The number of hydrogen-bond acceptors (Lipinski definition) is 4. The number of nitrogens with one attached hydrogen (secondary N) is 1. The number of halogens is 2. The van der Waals surface area contributed by atoms with Crippen molar-refractivity contribution < 1.29 is 18.0 Å². The second kappa shape index (κ2) is 15.4. The molecule has 0 aromatic heterocycles. The van der Waals surface area contributed by atoms with Gasteiger partial charge in [-0.1, -0.05) is 96.9 Å². The molecule has 0 aliphatic carbocycles. The number of nitrogens with zero attached hydrogens (tertiary/aromatic N) is 2. The SMILES string of the molecule is CCCNC(=O)[C@@H](Cc1ccccc1)N(Cc1ccc(Cl)cc1Cl)C(=O)CN(c1cc(C)ccc1C)S(=O)(=O)c1ccccc1. The molecule has 0 saturated heterocycles. The second-order valence-corrected chi connectivity index (χ2v) is 13.6. The maximum atomic E-state index is 14.6. The van der Waals surface area contributed by atoms with Gasteiger partial charge in [0.1, 0.15) is 12.6 Å². The average Bonchev–Trinajstić information content (AvgIpc) is 3.03. The van der Waals surface area contributed by atoms with Crippen LogP contribution in [0.15, 0.2) is 102 Å². The molecule has 4 aromatic rings. The van der Waals surface area contributed by atoms with E-state index in [9.17, 15) is 18.0 Å². The van der Waals surface area contributed by atoms with Crippen molar-refractivity contribution in [2.45, 2.75) is 51.1 Å². The van der Waals surface area contributed by atoms with Crippen LogP contribution in [-0.4, -0.2) is 44.3 Å². The van der Waals surface area contributed by atoms with Crippen LogP contribution in [0.25, 0.3) is 0 Å². The first-order valence-electron chi connectivity index (χ1n) is 14.7. The number of anilines is 1. The molecule has 0 fully saturated rings. The van der Waals surface area contributed by atoms with Crippen LogP contribution in [-0.2, 0) is 32.6 Å². The number of hydrogen-bond donors (Lipinski definition) is 1. The van der Waals surface area contributed by atoms with E-state index in [2.05, 4.69) is 5.32 Å². The van der Waals surface area contributed by atoms with Crippen molar-refractivity contribution in [2.24, 2.45) is 0 Å². The molecule has 4 aromatic carbocycles. The molecule has 236 valence electrons. The van der Waals surface area contributed by atoms with Gasteiger partial charge in [-0.3, -0.25) is 13.9 Å². The summed E-state index contributed by atoms with van der Waals surface area (Å²) in [5, 5.41) is 3.69. The number of carbonyl (C=O) groups is 2. The third kappa shape index (κ3) is 8.66. The van der Waals surface area contributed by atoms with Crippen LogP contribution in [0.4, 0.5) is 5.69 Å². The molecular weight excluding hydrogens is 629 g/mol. The summed E-state index contributed by atoms with van der Waals surface area (Å²) in [5.41, 5.74) is 3.31. The minimum absolute atomic E-state index is 0.0437. The highest BCUT2D eigenvalue weighted by Crippen LogP contribution is 2.29. The lowest BCUT2D eigenvalue weighted by Gasteiger charge is -2.34. The first kappa shape index (κ1) is 34.0. The van der Waals surface area contributed by atoms with E-state index in [0.717, 1.165) is 15.4 Å². The highest BCUT2D eigenvalue weighted by molar-refractivity contribution is 7.92. The number of benzene rings is 4. The largest absolute Gasteiger partial charge is 0.354 e. The zero-order valence-electron chi connectivity index (χ0n) is 25.5. The van der Waals surface area contributed by atoms with Crippen LogP contribution in [0, 0.1) is 13.8 Å². The molecule has 1 atom stereocenters. The molecule has 0 unspecified atom stereocenters. The van der Waals surface area contributed by atoms with E-state index in [-0.39, 0.29) is 23.8 Å². The van der Waals surface area contributed by atoms with E-state index in [4.69, 9.17) is 23.2 Å². The van der Waals surface area contributed by atoms with Crippen molar-refractivity contribution in [2.75, 3.05) is 17.4 Å². The van der Waals surface area contributed by atoms with Gasteiger partial charge in [-0.25, -0.2) is 8.42 Å². The van der Waals surface area contributed by atoms with Crippen molar-refractivity contribution in [1.29, 1.82) is 0 Å². The van der Waals surface area contributed by atoms with Gasteiger partial charge in [0, 0.05) is 29.6 Å². The summed E-state index contributed by atoms with van der Waals surface area (Å²) in [6, 6.07) is 26.8. The Morgan fingerprint density at radius 1 is 0.867 bits per heavy atom. The Morgan fingerprint density at radius 3 is 2.18 bits per heavy atom. The van der Waals surface area contributed by atoms with E-state index < -0.39 is 28.5 Å². The van der Waals surface area contributed by atoms with Crippen LogP contribution >= 0.6 is 23.2 Å². The fourth-order valence-corrected chi connectivity index (χ4v) is 6.93. The van der Waals surface area contributed by atoms with Crippen molar-refractivity contribution in [3.05, 3.63) is 129 Å². The van der Waals surface area contributed by atoms with Gasteiger partial charge in [0.05, 0.1) is 10.6 Å². The Morgan fingerprint density at radius 2 is 1.53 bits per heavy atom. The van der Waals surface area contributed by atoms with E-state index in [1.54, 1.807) is 49.4 Å². The molecule has 0 aliphatic rings. The molecule has 0 aliphatic heterocycles. The fourth-order valence-electron chi connectivity index (χ4n) is 4.97. The molecule has 10 heteroatoms. The highest BCUT2D eigenvalue weighted by Gasteiger charge is 2.35. The molecule has 2 amide bonds. The molecule has 45 heavy (non-hydrogen) atoms. The summed E-state index contributed by atoms with van der Waals surface area (Å²) in [4.78, 5) is 29.8. The maximum absolute atomic E-state index is 14.6. The van der Waals surface area contributed by atoms with Gasteiger partial charge < -0.3 is 10.2 Å². The normalized spacial score (nSPS) is 11.9. The van der Waals surface area contributed by atoms with Crippen LogP contribution in [0.3, 0.4) is 0 Å². The fraction of sp³-hybridized carbons (Fsp3) is 0.257. The smallest absolute Gasteiger partial charge is 0.264 e. The van der Waals surface area contributed by atoms with Gasteiger partial charge in [-0.15, -0.1) is 0 Å². The quantitative estimate of drug-likeness (QED) is 0.167. The Hall–Kier alpha value is -3.85. The molecule has 0 saturated carbocycles. The lowest BCUT2D eigenvalue weighted by atomic mass is 10.0. The number of sulfonamides is 1. The zero-order chi connectivity index (χ0) is 32.6. The molecule has 0 spiro atoms. The predicted octanol–water partition coefficient (Wildman–Crippen LogP) is 6.97. The topological polar surface area (TPSA) is 86.8 Å². The number of aryl methyl sites for hydroxylation is 2. The van der Waals surface area contributed by atoms with Crippen LogP contribution < -0.4 is 9.62 Å². The number of carbonyl (C=O) groups excluding carboxylic acids is 2. The summed E-state index contributed by atoms with van der Waals surface area (Å²) in [5.74, 6) is -0.905.